The highest BCUT2D eigenvalue weighted by Gasteiger charge is 2.05. The largest absolute Gasteiger partial charge is 0.303 e. The highest BCUT2D eigenvalue weighted by molar-refractivity contribution is 5.67. The van der Waals surface area contributed by atoms with Gasteiger partial charge in [0, 0.05) is 13.6 Å². The summed E-state index contributed by atoms with van der Waals surface area (Å²) in [4.78, 5) is 5.17. The molecule has 0 aliphatic rings. The van der Waals surface area contributed by atoms with Crippen LogP contribution in [0.4, 0.5) is 0 Å². The number of hydrogen-bond donors (Lipinski definition) is 0. The van der Waals surface area contributed by atoms with Gasteiger partial charge in [0.15, 0.2) is 0 Å². The normalized spacial score (nSPS) is 11.2. The quantitative estimate of drug-likeness (QED) is 0.450. The van der Waals surface area contributed by atoms with E-state index in [-0.39, 0.29) is 0 Å². The molecule has 0 aliphatic heterocycles. The summed E-state index contributed by atoms with van der Waals surface area (Å²) in [6.07, 6.45) is 6.09. The van der Waals surface area contributed by atoms with E-state index in [1.165, 1.54) is 53.5 Å². The van der Waals surface area contributed by atoms with E-state index in [9.17, 15) is 0 Å². The first-order valence-electron chi connectivity index (χ1n) is 9.08. The van der Waals surface area contributed by atoms with Crippen LogP contribution < -0.4 is 0 Å². The molecule has 2 heteroatoms. The van der Waals surface area contributed by atoms with Gasteiger partial charge in [-0.3, -0.25) is 0 Å². The van der Waals surface area contributed by atoms with Crippen molar-refractivity contribution in [2.75, 3.05) is 20.7 Å². The van der Waals surface area contributed by atoms with Gasteiger partial charge < -0.3 is 4.84 Å². The van der Waals surface area contributed by atoms with Crippen molar-refractivity contribution < 1.29 is 4.84 Å². The molecule has 0 fully saturated rings. The summed E-state index contributed by atoms with van der Waals surface area (Å²) >= 11 is 0. The third kappa shape index (κ3) is 5.47. The second kappa shape index (κ2) is 9.61. The van der Waals surface area contributed by atoms with Gasteiger partial charge in [-0.1, -0.05) is 62.2 Å². The van der Waals surface area contributed by atoms with Crippen LogP contribution in [0.1, 0.15) is 42.9 Å². The van der Waals surface area contributed by atoms with Gasteiger partial charge in [-0.25, -0.2) is 0 Å². The number of unbranched alkanes of at least 4 members (excludes halogenated alkanes) is 2. The Morgan fingerprint density at radius 1 is 0.917 bits per heavy atom. The molecular weight excluding hydrogens is 294 g/mol. The van der Waals surface area contributed by atoms with Crippen molar-refractivity contribution in [3.63, 3.8) is 0 Å². The third-order valence-corrected chi connectivity index (χ3v) is 4.65. The van der Waals surface area contributed by atoms with E-state index >= 15 is 0 Å². The Balaban J connectivity index is 2.03. The zero-order valence-corrected chi connectivity index (χ0v) is 15.6. The first-order valence-corrected chi connectivity index (χ1v) is 9.08. The smallest absolute Gasteiger partial charge is 0.0575 e. The maximum Gasteiger partial charge on any atom is 0.0575 e. The third-order valence-electron chi connectivity index (χ3n) is 4.65. The molecule has 0 bridgehead atoms. The van der Waals surface area contributed by atoms with Gasteiger partial charge in [0.2, 0.25) is 0 Å². The summed E-state index contributed by atoms with van der Waals surface area (Å²) in [5, 5.41) is 1.86. The van der Waals surface area contributed by atoms with Gasteiger partial charge in [0.1, 0.15) is 0 Å². The summed E-state index contributed by atoms with van der Waals surface area (Å²) in [6, 6.07) is 15.9. The first-order chi connectivity index (χ1) is 11.6. The molecule has 0 unspecified atom stereocenters. The average molecular weight is 325 g/mol. The minimum Gasteiger partial charge on any atom is -0.303 e. The van der Waals surface area contributed by atoms with Crippen LogP contribution in [0.15, 0.2) is 42.5 Å². The van der Waals surface area contributed by atoms with Crippen molar-refractivity contribution in [2.24, 2.45) is 0 Å². The van der Waals surface area contributed by atoms with E-state index in [4.69, 9.17) is 4.84 Å². The number of nitrogens with zero attached hydrogens (tertiary/aromatic N) is 1. The molecule has 0 radical (unpaired) electrons. The average Bonchev–Trinajstić information content (AvgIpc) is 2.61. The lowest BCUT2D eigenvalue weighted by atomic mass is 9.96. The predicted octanol–water partition coefficient (Wildman–Crippen LogP) is 5.43. The molecule has 0 N–H and O–H groups in total. The van der Waals surface area contributed by atoms with Gasteiger partial charge >= 0.3 is 0 Å². The second-order valence-electron chi connectivity index (χ2n) is 6.59. The predicted molar refractivity (Wildman–Crippen MR) is 103 cm³/mol. The summed E-state index contributed by atoms with van der Waals surface area (Å²) in [5.74, 6) is 0. The van der Waals surface area contributed by atoms with Crippen LogP contribution in [0.5, 0.6) is 0 Å². The monoisotopic (exact) mass is 325 g/mol. The van der Waals surface area contributed by atoms with E-state index in [2.05, 4.69) is 56.3 Å². The van der Waals surface area contributed by atoms with E-state index in [1.54, 1.807) is 7.11 Å². The van der Waals surface area contributed by atoms with Crippen LogP contribution in [0.2, 0.25) is 0 Å². The Morgan fingerprint density at radius 3 is 2.25 bits per heavy atom. The number of hydroxylamine groups is 2. The van der Waals surface area contributed by atoms with Crippen LogP contribution in [0, 0.1) is 6.92 Å². The summed E-state index contributed by atoms with van der Waals surface area (Å²) in [6.45, 7) is 5.36. The SMILES string of the molecule is CCCCCc1ccc(-c2ccc(CCN(C)OC)cc2C)cc1. The number of benzene rings is 2. The molecule has 0 aliphatic carbocycles. The Morgan fingerprint density at radius 2 is 1.62 bits per heavy atom. The van der Waals surface area contributed by atoms with Crippen LogP contribution in [-0.4, -0.2) is 25.8 Å². The zero-order valence-electron chi connectivity index (χ0n) is 15.6. The maximum atomic E-state index is 5.17. The summed E-state index contributed by atoms with van der Waals surface area (Å²) in [7, 11) is 3.67. The van der Waals surface area contributed by atoms with Crippen molar-refractivity contribution in [3.8, 4) is 11.1 Å². The maximum absolute atomic E-state index is 5.17. The second-order valence-corrected chi connectivity index (χ2v) is 6.59. The number of aryl methyl sites for hydroxylation is 2. The standard InChI is InChI=1S/C22H31NO/c1-5-6-7-8-19-9-12-21(13-10-19)22-14-11-20(17-18(22)2)15-16-23(3)24-4/h9-14,17H,5-8,15-16H2,1-4H3. The molecule has 0 spiro atoms. The minimum absolute atomic E-state index is 0.905. The molecular formula is C22H31NO. The van der Waals surface area contributed by atoms with Gasteiger partial charge in [-0.2, -0.15) is 5.06 Å². The van der Waals surface area contributed by atoms with Crippen molar-refractivity contribution in [1.29, 1.82) is 0 Å². The minimum atomic E-state index is 0.905. The highest BCUT2D eigenvalue weighted by Crippen LogP contribution is 2.25. The molecule has 2 nitrogen and oxygen atoms in total. The molecule has 0 heterocycles. The van der Waals surface area contributed by atoms with Crippen LogP contribution in [0.3, 0.4) is 0 Å². The van der Waals surface area contributed by atoms with Gasteiger partial charge in [-0.15, -0.1) is 0 Å². The van der Waals surface area contributed by atoms with Crippen molar-refractivity contribution in [3.05, 3.63) is 59.2 Å². The summed E-state index contributed by atoms with van der Waals surface area (Å²) < 4.78 is 0. The summed E-state index contributed by atoms with van der Waals surface area (Å²) in [5.41, 5.74) is 6.79. The zero-order chi connectivity index (χ0) is 17.4. The van der Waals surface area contributed by atoms with E-state index in [1.807, 2.05) is 12.1 Å². The van der Waals surface area contributed by atoms with E-state index < -0.39 is 0 Å². The Bertz CT molecular complexity index is 618. The molecule has 130 valence electrons. The van der Waals surface area contributed by atoms with Crippen LogP contribution in [0.25, 0.3) is 11.1 Å². The van der Waals surface area contributed by atoms with Gasteiger partial charge in [0.05, 0.1) is 7.11 Å². The van der Waals surface area contributed by atoms with Crippen molar-refractivity contribution in [2.45, 2.75) is 46.0 Å². The lowest BCUT2D eigenvalue weighted by Crippen LogP contribution is -2.19. The molecule has 24 heavy (non-hydrogen) atoms. The number of hydrogen-bond acceptors (Lipinski definition) is 2. The van der Waals surface area contributed by atoms with Crippen molar-refractivity contribution in [1.82, 2.24) is 5.06 Å². The van der Waals surface area contributed by atoms with Gasteiger partial charge in [-0.05, 0) is 54.0 Å². The number of likely N-dealkylation sites (N-methyl/N-ethyl adjacent to an activating group) is 1. The van der Waals surface area contributed by atoms with E-state index in [0.29, 0.717) is 0 Å². The highest BCUT2D eigenvalue weighted by atomic mass is 16.7. The molecule has 0 saturated carbocycles. The molecule has 2 aromatic rings. The molecule has 0 amide bonds. The Labute approximate surface area is 147 Å². The molecule has 0 saturated heterocycles. The fourth-order valence-electron chi connectivity index (χ4n) is 3.01. The lowest BCUT2D eigenvalue weighted by Gasteiger charge is -2.14. The molecule has 0 atom stereocenters. The fourth-order valence-corrected chi connectivity index (χ4v) is 3.01. The molecule has 0 aromatic heterocycles. The molecule has 2 aromatic carbocycles. The molecule has 2 rings (SSSR count). The lowest BCUT2D eigenvalue weighted by molar-refractivity contribution is -0.107. The van der Waals surface area contributed by atoms with Gasteiger partial charge in [0.25, 0.3) is 0 Å². The Kier molecular flexibility index (Phi) is 7.48. The number of rotatable bonds is 9. The fraction of sp³-hybridized carbons (Fsp3) is 0.455. The van der Waals surface area contributed by atoms with E-state index in [0.717, 1.165) is 13.0 Å². The topological polar surface area (TPSA) is 12.5 Å². The van der Waals surface area contributed by atoms with Crippen molar-refractivity contribution >= 4 is 0 Å². The van der Waals surface area contributed by atoms with Crippen LogP contribution >= 0.6 is 0 Å². The first kappa shape index (κ1) is 18.7. The Hall–Kier alpha value is -1.64. The van der Waals surface area contributed by atoms with Crippen LogP contribution in [-0.2, 0) is 17.7 Å².